The number of carbonyl (C=O) groups excluding carboxylic acids is 2. The number of carbonyl (C=O) groups is 2. The van der Waals surface area contributed by atoms with Crippen LogP contribution in [0.25, 0.3) is 11.0 Å². The van der Waals surface area contributed by atoms with E-state index in [1.54, 1.807) is 11.1 Å². The van der Waals surface area contributed by atoms with Crippen LogP contribution in [0.5, 0.6) is 0 Å². The lowest BCUT2D eigenvalue weighted by Gasteiger charge is -2.14. The van der Waals surface area contributed by atoms with Crippen LogP contribution in [0.15, 0.2) is 6.20 Å². The highest BCUT2D eigenvalue weighted by molar-refractivity contribution is 6.13. The monoisotopic (exact) mass is 407 g/mol. The standard InChI is InChI=1S/C20H29N5O2.ClH/c1-4-7-8-11-25-19-14(12-21-25)18(23-16(26)9-5-2)17-15(22-19)13-24(10-6-3)20(17)27;/h12H,4-11,13H2,1-3H3,(H,22,23,26);1H. The first-order valence-electron chi connectivity index (χ1n) is 10.1. The van der Waals surface area contributed by atoms with Crippen LogP contribution >= 0.6 is 12.4 Å². The third kappa shape index (κ3) is 4.29. The van der Waals surface area contributed by atoms with Crippen molar-refractivity contribution < 1.29 is 9.59 Å². The number of amides is 2. The average Bonchev–Trinajstić information content (AvgIpc) is 3.18. The van der Waals surface area contributed by atoms with Crippen LogP contribution in [-0.2, 0) is 17.9 Å². The van der Waals surface area contributed by atoms with Crippen molar-refractivity contribution in [3.05, 3.63) is 17.5 Å². The predicted molar refractivity (Wildman–Crippen MR) is 113 cm³/mol. The molecule has 0 spiro atoms. The molecule has 2 aromatic rings. The third-order valence-electron chi connectivity index (χ3n) is 4.91. The highest BCUT2D eigenvalue weighted by atomic mass is 35.5. The summed E-state index contributed by atoms with van der Waals surface area (Å²) in [5.74, 6) is -0.126. The number of aromatic nitrogens is 3. The van der Waals surface area contributed by atoms with Crippen molar-refractivity contribution in [1.82, 2.24) is 19.7 Å². The topological polar surface area (TPSA) is 80.1 Å². The van der Waals surface area contributed by atoms with E-state index < -0.39 is 0 Å². The van der Waals surface area contributed by atoms with E-state index in [1.807, 2.05) is 11.6 Å². The molecule has 1 N–H and O–H groups in total. The summed E-state index contributed by atoms with van der Waals surface area (Å²) < 4.78 is 1.90. The van der Waals surface area contributed by atoms with E-state index in [0.717, 1.165) is 55.4 Å². The molecule has 3 rings (SSSR count). The van der Waals surface area contributed by atoms with E-state index in [1.165, 1.54) is 0 Å². The van der Waals surface area contributed by atoms with Crippen LogP contribution in [0.1, 0.15) is 75.3 Å². The number of hydrogen-bond donors (Lipinski definition) is 1. The zero-order valence-corrected chi connectivity index (χ0v) is 17.8. The Hall–Kier alpha value is -2.15. The van der Waals surface area contributed by atoms with Gasteiger partial charge in [0.1, 0.15) is 0 Å². The highest BCUT2D eigenvalue weighted by Gasteiger charge is 2.33. The quantitative estimate of drug-likeness (QED) is 0.633. The molecule has 0 fully saturated rings. The number of unbranched alkanes of at least 4 members (excludes halogenated alkanes) is 2. The van der Waals surface area contributed by atoms with Crippen molar-refractivity contribution >= 4 is 40.9 Å². The normalized spacial score (nSPS) is 13.0. The molecule has 8 heteroatoms. The fourth-order valence-corrected chi connectivity index (χ4v) is 3.58. The van der Waals surface area contributed by atoms with Gasteiger partial charge in [-0.05, 0) is 19.3 Å². The third-order valence-corrected chi connectivity index (χ3v) is 4.91. The number of aryl methyl sites for hydroxylation is 1. The number of pyridine rings is 1. The maximum Gasteiger partial charge on any atom is 0.258 e. The highest BCUT2D eigenvalue weighted by Crippen LogP contribution is 2.34. The van der Waals surface area contributed by atoms with Gasteiger partial charge in [-0.25, -0.2) is 9.67 Å². The molecule has 0 unspecified atom stereocenters. The van der Waals surface area contributed by atoms with Crippen molar-refractivity contribution in [2.75, 3.05) is 11.9 Å². The number of nitrogens with zero attached hydrogens (tertiary/aromatic N) is 4. The summed E-state index contributed by atoms with van der Waals surface area (Å²) in [6, 6.07) is 0. The van der Waals surface area contributed by atoms with Gasteiger partial charge in [-0.1, -0.05) is 33.6 Å². The Morgan fingerprint density at radius 2 is 1.93 bits per heavy atom. The minimum absolute atomic E-state index is 0. The van der Waals surface area contributed by atoms with E-state index in [0.29, 0.717) is 30.8 Å². The minimum Gasteiger partial charge on any atom is -0.333 e. The molecule has 2 amide bonds. The molecule has 1 aliphatic rings. The van der Waals surface area contributed by atoms with Gasteiger partial charge in [0.2, 0.25) is 5.91 Å². The van der Waals surface area contributed by atoms with Crippen molar-refractivity contribution in [1.29, 1.82) is 0 Å². The fourth-order valence-electron chi connectivity index (χ4n) is 3.58. The van der Waals surface area contributed by atoms with Gasteiger partial charge in [0.05, 0.1) is 35.1 Å². The molecule has 0 aromatic carbocycles. The SMILES string of the molecule is CCCCCn1ncc2c(NC(=O)CCC)c3c(nc21)CN(CCC)C3=O.Cl. The smallest absolute Gasteiger partial charge is 0.258 e. The van der Waals surface area contributed by atoms with Crippen molar-refractivity contribution in [3.8, 4) is 0 Å². The van der Waals surface area contributed by atoms with Gasteiger partial charge in [0.25, 0.3) is 5.91 Å². The first kappa shape index (κ1) is 22.1. The Morgan fingerprint density at radius 1 is 1.14 bits per heavy atom. The second-order valence-electron chi connectivity index (χ2n) is 7.15. The van der Waals surface area contributed by atoms with Gasteiger partial charge in [0.15, 0.2) is 5.65 Å². The van der Waals surface area contributed by atoms with Gasteiger partial charge in [-0.3, -0.25) is 9.59 Å². The zero-order valence-electron chi connectivity index (χ0n) is 17.0. The van der Waals surface area contributed by atoms with E-state index in [9.17, 15) is 9.59 Å². The number of halogens is 1. The van der Waals surface area contributed by atoms with Crippen LogP contribution < -0.4 is 5.32 Å². The summed E-state index contributed by atoms with van der Waals surface area (Å²) in [6.07, 6.45) is 7.11. The molecular weight excluding hydrogens is 378 g/mol. The summed E-state index contributed by atoms with van der Waals surface area (Å²) in [5.41, 5.74) is 2.61. The molecule has 0 aliphatic carbocycles. The minimum atomic E-state index is -0.0762. The lowest BCUT2D eigenvalue weighted by atomic mass is 10.1. The van der Waals surface area contributed by atoms with Gasteiger partial charge < -0.3 is 10.2 Å². The summed E-state index contributed by atoms with van der Waals surface area (Å²) >= 11 is 0. The first-order valence-corrected chi connectivity index (χ1v) is 10.1. The Kier molecular flexibility index (Phi) is 7.80. The van der Waals surface area contributed by atoms with Crippen LogP contribution in [0.2, 0.25) is 0 Å². The first-order chi connectivity index (χ1) is 13.1. The molecule has 0 atom stereocenters. The van der Waals surface area contributed by atoms with Crippen molar-refractivity contribution in [3.63, 3.8) is 0 Å². The largest absolute Gasteiger partial charge is 0.333 e. The van der Waals surface area contributed by atoms with E-state index in [4.69, 9.17) is 4.98 Å². The number of hydrogen-bond acceptors (Lipinski definition) is 4. The summed E-state index contributed by atoms with van der Waals surface area (Å²) in [7, 11) is 0. The second-order valence-corrected chi connectivity index (χ2v) is 7.15. The maximum atomic E-state index is 12.9. The Balaban J connectivity index is 0.00000280. The Bertz CT molecular complexity index is 849. The van der Waals surface area contributed by atoms with Gasteiger partial charge >= 0.3 is 0 Å². The molecule has 1 aliphatic heterocycles. The number of rotatable bonds is 9. The zero-order chi connectivity index (χ0) is 19.4. The van der Waals surface area contributed by atoms with Crippen molar-refractivity contribution in [2.45, 2.75) is 72.4 Å². The van der Waals surface area contributed by atoms with Crippen molar-refractivity contribution in [2.24, 2.45) is 0 Å². The summed E-state index contributed by atoms with van der Waals surface area (Å²) in [6.45, 7) is 8.16. The molecule has 2 aromatic heterocycles. The van der Waals surface area contributed by atoms with Crippen LogP contribution in [0.4, 0.5) is 5.69 Å². The number of anilines is 1. The van der Waals surface area contributed by atoms with Gasteiger partial charge in [-0.2, -0.15) is 5.10 Å². The molecule has 0 radical (unpaired) electrons. The Morgan fingerprint density at radius 3 is 2.61 bits per heavy atom. The Labute approximate surface area is 172 Å². The molecule has 0 bridgehead atoms. The lowest BCUT2D eigenvalue weighted by molar-refractivity contribution is -0.116. The molecular formula is C20H30ClN5O2. The van der Waals surface area contributed by atoms with Crippen LogP contribution in [-0.4, -0.2) is 38.0 Å². The molecule has 7 nitrogen and oxygen atoms in total. The van der Waals surface area contributed by atoms with E-state index >= 15 is 0 Å². The molecule has 0 saturated carbocycles. The van der Waals surface area contributed by atoms with Gasteiger partial charge in [0, 0.05) is 19.5 Å². The average molecular weight is 408 g/mol. The van der Waals surface area contributed by atoms with Crippen LogP contribution in [0.3, 0.4) is 0 Å². The summed E-state index contributed by atoms with van der Waals surface area (Å²) in [4.78, 5) is 31.8. The van der Waals surface area contributed by atoms with E-state index in [2.05, 4.69) is 24.3 Å². The number of fused-ring (bicyclic) bond motifs is 2. The van der Waals surface area contributed by atoms with E-state index in [-0.39, 0.29) is 24.2 Å². The fraction of sp³-hybridized carbons (Fsp3) is 0.600. The maximum absolute atomic E-state index is 12.9. The predicted octanol–water partition coefficient (Wildman–Crippen LogP) is 4.15. The summed E-state index contributed by atoms with van der Waals surface area (Å²) in [5, 5.41) is 8.21. The molecule has 154 valence electrons. The molecule has 0 saturated heterocycles. The van der Waals surface area contributed by atoms with Gasteiger partial charge in [-0.15, -0.1) is 12.4 Å². The second kappa shape index (κ2) is 9.87. The molecule has 28 heavy (non-hydrogen) atoms. The molecule has 3 heterocycles. The lowest BCUT2D eigenvalue weighted by Crippen LogP contribution is -2.25. The number of nitrogens with one attached hydrogen (secondary N) is 1. The van der Waals surface area contributed by atoms with Crippen LogP contribution in [0, 0.1) is 0 Å².